The summed E-state index contributed by atoms with van der Waals surface area (Å²) in [6, 6.07) is 6.70. The average Bonchev–Trinajstić information content (AvgIpc) is 2.30. The Hall–Kier alpha value is -1.86. The van der Waals surface area contributed by atoms with Crippen molar-refractivity contribution in [2.75, 3.05) is 6.54 Å². The van der Waals surface area contributed by atoms with E-state index in [1.165, 1.54) is 6.92 Å². The molecule has 0 saturated carbocycles. The molecule has 0 atom stereocenters. The molecule has 0 aliphatic carbocycles. The van der Waals surface area contributed by atoms with Crippen LogP contribution in [0.4, 0.5) is 0 Å². The van der Waals surface area contributed by atoms with Gasteiger partial charge in [0, 0.05) is 13.5 Å². The first-order chi connectivity index (χ1) is 8.51. The van der Waals surface area contributed by atoms with Gasteiger partial charge in [0.1, 0.15) is 0 Å². The highest BCUT2D eigenvalue weighted by Crippen LogP contribution is 2.05. The van der Waals surface area contributed by atoms with Crippen molar-refractivity contribution in [3.8, 4) is 0 Å². The molecule has 0 radical (unpaired) electrons. The normalized spacial score (nSPS) is 8.83. The molecule has 0 aliphatic heterocycles. The van der Waals surface area contributed by atoms with E-state index < -0.39 is 13.7 Å². The summed E-state index contributed by atoms with van der Waals surface area (Å²) >= 11 is 0. The fraction of sp³-hybridized carbons (Fsp3) is 0.273. The lowest BCUT2D eigenvalue weighted by Gasteiger charge is -2.03. The third-order valence-electron chi connectivity index (χ3n) is 1.96. The molecule has 0 spiro atoms. The lowest BCUT2D eigenvalue weighted by Crippen LogP contribution is -2.22. The Morgan fingerprint density at radius 1 is 1.33 bits per heavy atom. The first-order valence-corrected chi connectivity index (χ1v) is 5.29. The van der Waals surface area contributed by atoms with Crippen molar-refractivity contribution < 1.29 is 24.7 Å². The zero-order chi connectivity index (χ0) is 14.0. The van der Waals surface area contributed by atoms with Crippen molar-refractivity contribution in [3.63, 3.8) is 0 Å². The highest BCUT2D eigenvalue weighted by Gasteiger charge is 2.02. The fourth-order valence-corrected chi connectivity index (χ4v) is 1.24. The minimum Gasteiger partial charge on any atom is -0.478 e. The molecule has 1 amide bonds. The second-order valence-electron chi connectivity index (χ2n) is 3.38. The van der Waals surface area contributed by atoms with Gasteiger partial charge >= 0.3 is 13.7 Å². The first-order valence-electron chi connectivity index (χ1n) is 5.29. The number of rotatable bonds is 4. The minimum atomic E-state index is -0.934. The summed E-state index contributed by atoms with van der Waals surface area (Å²) in [6.07, 6.45) is 0.640. The van der Waals surface area contributed by atoms with E-state index in [0.29, 0.717) is 13.0 Å². The second-order valence-corrected chi connectivity index (χ2v) is 3.38. The molecule has 98 valence electrons. The Kier molecular flexibility index (Phi) is 8.26. The van der Waals surface area contributed by atoms with Crippen molar-refractivity contribution in [3.05, 3.63) is 35.4 Å². The van der Waals surface area contributed by atoms with E-state index in [-0.39, 0.29) is 11.5 Å². The van der Waals surface area contributed by atoms with Gasteiger partial charge in [0.15, 0.2) is 0 Å². The molecule has 0 bridgehead atoms. The van der Waals surface area contributed by atoms with E-state index >= 15 is 0 Å². The van der Waals surface area contributed by atoms with E-state index in [0.717, 1.165) is 5.56 Å². The number of carboxylic acids is 1. The maximum Gasteiger partial charge on any atom is 0.432 e. The third kappa shape index (κ3) is 7.42. The zero-order valence-electron chi connectivity index (χ0n) is 10.1. The molecular weight excluding hydrogens is 237 g/mol. The van der Waals surface area contributed by atoms with Gasteiger partial charge in [-0.3, -0.25) is 4.79 Å². The van der Waals surface area contributed by atoms with Crippen LogP contribution in [0, 0.1) is 0 Å². The summed E-state index contributed by atoms with van der Waals surface area (Å²) in [4.78, 5) is 21.3. The van der Waals surface area contributed by atoms with Gasteiger partial charge in [-0.1, -0.05) is 12.1 Å². The van der Waals surface area contributed by atoms with Crippen LogP contribution in [-0.2, 0) is 11.2 Å². The molecule has 1 aromatic carbocycles. The van der Waals surface area contributed by atoms with Crippen molar-refractivity contribution in [2.45, 2.75) is 13.3 Å². The van der Waals surface area contributed by atoms with Gasteiger partial charge in [-0.15, -0.1) is 0 Å². The van der Waals surface area contributed by atoms with E-state index in [4.69, 9.17) is 15.2 Å². The number of amides is 1. The number of aromatic carboxylic acids is 1. The standard InChI is InChI=1S/C11H13NO3.BH3O2/c1-8(13)12-6-5-9-3-2-4-10(7-9)11(14)15;2-1-3/h2-4,7H,5-6H2,1H3,(H,12,13)(H,14,15);1-3H. The highest BCUT2D eigenvalue weighted by atomic mass is 16.4. The second kappa shape index (κ2) is 9.20. The molecule has 0 aromatic heterocycles. The Balaban J connectivity index is 0.000000873. The predicted octanol–water partition coefficient (Wildman–Crippen LogP) is -0.699. The molecule has 7 heteroatoms. The van der Waals surface area contributed by atoms with E-state index in [9.17, 15) is 9.59 Å². The van der Waals surface area contributed by atoms with Crippen LogP contribution in [0.3, 0.4) is 0 Å². The van der Waals surface area contributed by atoms with Crippen molar-refractivity contribution in [2.24, 2.45) is 0 Å². The number of carboxylic acid groups (broad SMARTS) is 1. The molecule has 0 unspecified atom stereocenters. The lowest BCUT2D eigenvalue weighted by atomic mass is 10.1. The molecule has 1 aromatic rings. The lowest BCUT2D eigenvalue weighted by molar-refractivity contribution is -0.118. The summed E-state index contributed by atoms with van der Waals surface area (Å²) in [7, 11) is -0.750. The van der Waals surface area contributed by atoms with Gasteiger partial charge < -0.3 is 20.5 Å². The Morgan fingerprint density at radius 3 is 2.44 bits per heavy atom. The van der Waals surface area contributed by atoms with E-state index in [1.54, 1.807) is 18.2 Å². The van der Waals surface area contributed by atoms with Crippen molar-refractivity contribution in [1.29, 1.82) is 0 Å². The Bertz CT molecular complexity index is 397. The first kappa shape index (κ1) is 16.1. The summed E-state index contributed by atoms with van der Waals surface area (Å²) in [5, 5.41) is 25.7. The molecule has 1 rings (SSSR count). The van der Waals surface area contributed by atoms with Gasteiger partial charge in [-0.25, -0.2) is 4.79 Å². The third-order valence-corrected chi connectivity index (χ3v) is 1.96. The maximum atomic E-state index is 10.7. The van der Waals surface area contributed by atoms with Crippen LogP contribution < -0.4 is 5.32 Å². The van der Waals surface area contributed by atoms with E-state index in [1.807, 2.05) is 6.07 Å². The van der Waals surface area contributed by atoms with Crippen LogP contribution in [0.25, 0.3) is 0 Å². The number of hydrogen-bond acceptors (Lipinski definition) is 4. The molecular formula is C11H16BNO5. The Labute approximate surface area is 106 Å². The number of benzene rings is 1. The highest BCUT2D eigenvalue weighted by molar-refractivity contribution is 6.13. The largest absolute Gasteiger partial charge is 0.478 e. The van der Waals surface area contributed by atoms with Crippen molar-refractivity contribution in [1.82, 2.24) is 5.32 Å². The predicted molar refractivity (Wildman–Crippen MR) is 67.4 cm³/mol. The molecule has 18 heavy (non-hydrogen) atoms. The van der Waals surface area contributed by atoms with Gasteiger partial charge in [0.05, 0.1) is 5.56 Å². The SMILES string of the molecule is CC(=O)NCCc1cccc(C(=O)O)c1.OBO. The quantitative estimate of drug-likeness (QED) is 0.531. The van der Waals surface area contributed by atoms with Crippen molar-refractivity contribution >= 4 is 19.6 Å². The summed E-state index contributed by atoms with van der Waals surface area (Å²) < 4.78 is 0. The van der Waals surface area contributed by atoms with E-state index in [2.05, 4.69) is 5.32 Å². The van der Waals surface area contributed by atoms with Gasteiger partial charge in [0.2, 0.25) is 5.91 Å². The van der Waals surface area contributed by atoms with Gasteiger partial charge in [-0.2, -0.15) is 0 Å². The molecule has 4 N–H and O–H groups in total. The molecule has 0 saturated heterocycles. The maximum absolute atomic E-state index is 10.7. The number of carbonyl (C=O) groups excluding carboxylic acids is 1. The molecule has 0 fully saturated rings. The Morgan fingerprint density at radius 2 is 1.94 bits per heavy atom. The molecule has 0 aliphatic rings. The summed E-state index contributed by atoms with van der Waals surface area (Å²) in [6.45, 7) is 1.98. The molecule has 0 heterocycles. The van der Waals surface area contributed by atoms with Crippen LogP contribution in [0.1, 0.15) is 22.8 Å². The average molecular weight is 253 g/mol. The van der Waals surface area contributed by atoms with Crippen LogP contribution in [-0.4, -0.2) is 41.3 Å². The zero-order valence-corrected chi connectivity index (χ0v) is 10.1. The van der Waals surface area contributed by atoms with Crippen LogP contribution in [0.2, 0.25) is 0 Å². The fourth-order valence-electron chi connectivity index (χ4n) is 1.24. The van der Waals surface area contributed by atoms with Gasteiger partial charge in [-0.05, 0) is 24.1 Å². The number of nitrogens with one attached hydrogen (secondary N) is 1. The van der Waals surface area contributed by atoms with Crippen LogP contribution in [0.15, 0.2) is 24.3 Å². The number of hydrogen-bond donors (Lipinski definition) is 4. The molecule has 6 nitrogen and oxygen atoms in total. The summed E-state index contributed by atoms with van der Waals surface area (Å²) in [5.41, 5.74) is 1.18. The van der Waals surface area contributed by atoms with Gasteiger partial charge in [0.25, 0.3) is 0 Å². The number of carbonyl (C=O) groups is 2. The van der Waals surface area contributed by atoms with Crippen LogP contribution in [0.5, 0.6) is 0 Å². The minimum absolute atomic E-state index is 0.0793. The monoisotopic (exact) mass is 253 g/mol. The summed E-state index contributed by atoms with van der Waals surface area (Å²) in [5.74, 6) is -1.01. The van der Waals surface area contributed by atoms with Crippen LogP contribution >= 0.6 is 0 Å². The topological polar surface area (TPSA) is 107 Å². The smallest absolute Gasteiger partial charge is 0.432 e.